The van der Waals surface area contributed by atoms with Gasteiger partial charge in [-0.3, -0.25) is 9.59 Å². The highest BCUT2D eigenvalue weighted by molar-refractivity contribution is 9.10. The molecule has 0 bridgehead atoms. The zero-order chi connectivity index (χ0) is 21.9. The molecule has 156 valence electrons. The number of ether oxygens (including phenoxy) is 2. The number of rotatable bonds is 10. The molecular weight excluding hydrogens is 450 g/mol. The predicted molar refractivity (Wildman–Crippen MR) is 117 cm³/mol. The van der Waals surface area contributed by atoms with Gasteiger partial charge in [0.1, 0.15) is 11.6 Å². The van der Waals surface area contributed by atoms with Crippen LogP contribution in [0.1, 0.15) is 18.1 Å². The number of nitriles is 1. The average Bonchev–Trinajstić information content (AvgIpc) is 2.72. The van der Waals surface area contributed by atoms with Crippen LogP contribution < -0.4 is 20.5 Å². The molecule has 2 aromatic rings. The zero-order valence-electron chi connectivity index (χ0n) is 16.5. The van der Waals surface area contributed by atoms with Crippen molar-refractivity contribution in [1.29, 1.82) is 5.26 Å². The molecule has 30 heavy (non-hydrogen) atoms. The molecule has 0 spiro atoms. The number of primary amides is 1. The lowest BCUT2D eigenvalue weighted by atomic mass is 10.1. The summed E-state index contributed by atoms with van der Waals surface area (Å²) in [5.74, 6) is -0.399. The van der Waals surface area contributed by atoms with Gasteiger partial charge in [-0.2, -0.15) is 5.26 Å². The number of hydrogen-bond donors (Lipinski definition) is 2. The molecule has 2 amide bonds. The number of carbonyl (C=O) groups excluding carboxylic acids is 2. The Labute approximate surface area is 183 Å². The Balaban J connectivity index is 2.15. The molecular formula is C22H22BrN3O4. The van der Waals surface area contributed by atoms with Crippen molar-refractivity contribution in [1.82, 2.24) is 5.32 Å². The second kappa shape index (κ2) is 11.6. The maximum Gasteiger partial charge on any atom is 0.261 e. The molecule has 0 aliphatic carbocycles. The Bertz CT molecular complexity index is 968. The standard InChI is InChI=1S/C22H22BrN3O4/c1-2-29-19-12-16(11-18(23)21(19)30-14-20(25)27)10-17(13-24)22(28)26-9-8-15-6-4-3-5-7-15/h3-7,10-12H,2,8-9,14H2,1H3,(H2,25,27)(H,26,28)/b17-10+. The lowest BCUT2D eigenvalue weighted by Crippen LogP contribution is -2.26. The summed E-state index contributed by atoms with van der Waals surface area (Å²) in [6.07, 6.45) is 2.13. The largest absolute Gasteiger partial charge is 0.490 e. The van der Waals surface area contributed by atoms with Crippen molar-refractivity contribution in [2.24, 2.45) is 5.73 Å². The third-order valence-corrected chi connectivity index (χ3v) is 4.50. The van der Waals surface area contributed by atoms with Gasteiger partial charge in [0.25, 0.3) is 11.8 Å². The van der Waals surface area contributed by atoms with Crippen molar-refractivity contribution >= 4 is 33.8 Å². The smallest absolute Gasteiger partial charge is 0.261 e. The van der Waals surface area contributed by atoms with E-state index in [1.165, 1.54) is 6.08 Å². The molecule has 3 N–H and O–H groups in total. The normalized spacial score (nSPS) is 10.8. The lowest BCUT2D eigenvalue weighted by molar-refractivity contribution is -0.120. The van der Waals surface area contributed by atoms with Gasteiger partial charge in [0.15, 0.2) is 18.1 Å². The molecule has 2 rings (SSSR count). The maximum atomic E-state index is 12.4. The van der Waals surface area contributed by atoms with Crippen LogP contribution >= 0.6 is 15.9 Å². The minimum Gasteiger partial charge on any atom is -0.490 e. The first-order chi connectivity index (χ1) is 14.4. The fourth-order valence-corrected chi connectivity index (χ4v) is 3.17. The summed E-state index contributed by atoms with van der Waals surface area (Å²) >= 11 is 3.36. The summed E-state index contributed by atoms with van der Waals surface area (Å²) < 4.78 is 11.5. The van der Waals surface area contributed by atoms with Gasteiger partial charge in [0, 0.05) is 6.54 Å². The first-order valence-electron chi connectivity index (χ1n) is 9.26. The van der Waals surface area contributed by atoms with Crippen molar-refractivity contribution in [2.75, 3.05) is 19.8 Å². The molecule has 0 heterocycles. The highest BCUT2D eigenvalue weighted by Gasteiger charge is 2.15. The Hall–Kier alpha value is -3.31. The summed E-state index contributed by atoms with van der Waals surface area (Å²) in [5.41, 5.74) is 6.75. The molecule has 0 fully saturated rings. The van der Waals surface area contributed by atoms with Gasteiger partial charge in [-0.1, -0.05) is 30.3 Å². The van der Waals surface area contributed by atoms with Crippen molar-refractivity contribution < 1.29 is 19.1 Å². The van der Waals surface area contributed by atoms with Crippen LogP contribution in [-0.2, 0) is 16.0 Å². The first-order valence-corrected chi connectivity index (χ1v) is 10.0. The molecule has 0 aromatic heterocycles. The fraction of sp³-hybridized carbons (Fsp3) is 0.227. The molecule has 0 atom stereocenters. The van der Waals surface area contributed by atoms with Crippen molar-refractivity contribution in [3.63, 3.8) is 0 Å². The predicted octanol–water partition coefficient (Wildman–Crippen LogP) is 2.98. The van der Waals surface area contributed by atoms with E-state index in [4.69, 9.17) is 15.2 Å². The van der Waals surface area contributed by atoms with Crippen LogP contribution in [0.4, 0.5) is 0 Å². The lowest BCUT2D eigenvalue weighted by Gasteiger charge is -2.14. The number of amides is 2. The third kappa shape index (κ3) is 6.94. The van der Waals surface area contributed by atoms with Gasteiger partial charge >= 0.3 is 0 Å². The zero-order valence-corrected chi connectivity index (χ0v) is 18.1. The number of nitrogens with one attached hydrogen (secondary N) is 1. The number of hydrogen-bond acceptors (Lipinski definition) is 5. The van der Waals surface area contributed by atoms with E-state index in [-0.39, 0.29) is 12.2 Å². The summed E-state index contributed by atoms with van der Waals surface area (Å²) in [7, 11) is 0. The van der Waals surface area contributed by atoms with Gasteiger partial charge in [-0.05, 0) is 58.6 Å². The quantitative estimate of drug-likeness (QED) is 0.408. The second-order valence-electron chi connectivity index (χ2n) is 6.18. The number of benzene rings is 2. The van der Waals surface area contributed by atoms with Crippen LogP contribution in [0.3, 0.4) is 0 Å². The molecule has 0 unspecified atom stereocenters. The molecule has 8 heteroatoms. The SMILES string of the molecule is CCOc1cc(/C=C(\C#N)C(=O)NCCc2ccccc2)cc(Br)c1OCC(N)=O. The number of nitrogens with two attached hydrogens (primary N) is 1. The fourth-order valence-electron chi connectivity index (χ4n) is 2.59. The summed E-state index contributed by atoms with van der Waals surface area (Å²) in [6, 6.07) is 15.0. The van der Waals surface area contributed by atoms with Crippen molar-refractivity contribution in [2.45, 2.75) is 13.3 Å². The highest BCUT2D eigenvalue weighted by Crippen LogP contribution is 2.37. The second-order valence-corrected chi connectivity index (χ2v) is 7.03. The molecule has 0 saturated carbocycles. The summed E-state index contributed by atoms with van der Waals surface area (Å²) in [5, 5.41) is 12.2. The van der Waals surface area contributed by atoms with Gasteiger partial charge in [-0.15, -0.1) is 0 Å². The van der Waals surface area contributed by atoms with E-state index in [9.17, 15) is 14.9 Å². The Morgan fingerprint density at radius 3 is 2.60 bits per heavy atom. The minimum absolute atomic E-state index is 0.0387. The first kappa shape index (κ1) is 23.0. The average molecular weight is 472 g/mol. The minimum atomic E-state index is -0.618. The van der Waals surface area contributed by atoms with Gasteiger partial charge in [-0.25, -0.2) is 0 Å². The number of halogens is 1. The van der Waals surface area contributed by atoms with E-state index >= 15 is 0 Å². The Morgan fingerprint density at radius 1 is 1.23 bits per heavy atom. The van der Waals surface area contributed by atoms with Crippen LogP contribution in [0.15, 0.2) is 52.5 Å². The van der Waals surface area contributed by atoms with E-state index in [0.29, 0.717) is 41.1 Å². The van der Waals surface area contributed by atoms with Gasteiger partial charge < -0.3 is 20.5 Å². The highest BCUT2D eigenvalue weighted by atomic mass is 79.9. The summed E-state index contributed by atoms with van der Waals surface area (Å²) in [4.78, 5) is 23.4. The molecule has 7 nitrogen and oxygen atoms in total. The van der Waals surface area contributed by atoms with Crippen LogP contribution in [0.2, 0.25) is 0 Å². The monoisotopic (exact) mass is 471 g/mol. The van der Waals surface area contributed by atoms with E-state index in [1.54, 1.807) is 19.1 Å². The van der Waals surface area contributed by atoms with E-state index < -0.39 is 11.8 Å². The van der Waals surface area contributed by atoms with Crippen molar-refractivity contribution in [3.8, 4) is 17.6 Å². The van der Waals surface area contributed by atoms with Crippen molar-refractivity contribution in [3.05, 3.63) is 63.6 Å². The van der Waals surface area contributed by atoms with E-state index in [2.05, 4.69) is 21.2 Å². The molecule has 0 aliphatic heterocycles. The Morgan fingerprint density at radius 2 is 1.97 bits per heavy atom. The van der Waals surface area contributed by atoms with Crippen LogP contribution in [0, 0.1) is 11.3 Å². The molecule has 2 aromatic carbocycles. The summed E-state index contributed by atoms with van der Waals surface area (Å²) in [6.45, 7) is 2.27. The topological polar surface area (TPSA) is 114 Å². The molecule has 0 saturated heterocycles. The van der Waals surface area contributed by atoms with Crippen LogP contribution in [0.5, 0.6) is 11.5 Å². The molecule has 0 aliphatic rings. The van der Waals surface area contributed by atoms with Crippen LogP contribution in [0.25, 0.3) is 6.08 Å². The van der Waals surface area contributed by atoms with E-state index in [0.717, 1.165) is 5.56 Å². The Kier molecular flexibility index (Phi) is 8.91. The molecule has 0 radical (unpaired) electrons. The van der Waals surface area contributed by atoms with Gasteiger partial charge in [0.05, 0.1) is 11.1 Å². The van der Waals surface area contributed by atoms with E-state index in [1.807, 2.05) is 36.4 Å². The maximum absolute atomic E-state index is 12.4. The number of nitrogens with zero attached hydrogens (tertiary/aromatic N) is 1. The van der Waals surface area contributed by atoms with Crippen LogP contribution in [-0.4, -0.2) is 31.6 Å². The van der Waals surface area contributed by atoms with Gasteiger partial charge in [0.2, 0.25) is 0 Å². The third-order valence-electron chi connectivity index (χ3n) is 3.91. The number of carbonyl (C=O) groups is 2.